The molecular weight excluding hydrogens is 367 g/mol. The molecule has 0 saturated heterocycles. The van der Waals surface area contributed by atoms with E-state index < -0.39 is 0 Å². The van der Waals surface area contributed by atoms with Crippen LogP contribution in [0.4, 0.5) is 0 Å². The molecule has 1 aromatic rings. The smallest absolute Gasteiger partial charge is 0.264 e. The second-order valence-corrected chi connectivity index (χ2v) is 7.69. The zero-order valence-electron chi connectivity index (χ0n) is 12.6. The maximum atomic E-state index is 12.2. The van der Waals surface area contributed by atoms with Gasteiger partial charge in [-0.05, 0) is 40.8 Å². The number of hydrogen-bond donors (Lipinski definition) is 1. The van der Waals surface area contributed by atoms with Crippen LogP contribution in [-0.4, -0.2) is 17.1 Å². The number of hydrogen-bond acceptors (Lipinski definition) is 3. The first-order valence-electron chi connectivity index (χ1n) is 7.17. The van der Waals surface area contributed by atoms with Crippen LogP contribution in [0.5, 0.6) is 0 Å². The van der Waals surface area contributed by atoms with Gasteiger partial charge in [-0.15, -0.1) is 0 Å². The molecular formula is C15H23IN2O2. The molecule has 1 atom stereocenters. The summed E-state index contributed by atoms with van der Waals surface area (Å²) in [5.74, 6) is 1.09. The Balaban J connectivity index is 2.47. The highest BCUT2D eigenvalue weighted by Crippen LogP contribution is 2.37. The van der Waals surface area contributed by atoms with Gasteiger partial charge in [0.05, 0.1) is 9.26 Å². The molecule has 0 amide bonds. The van der Waals surface area contributed by atoms with Crippen molar-refractivity contribution in [2.45, 2.75) is 58.5 Å². The zero-order chi connectivity index (χ0) is 14.9. The summed E-state index contributed by atoms with van der Waals surface area (Å²) in [5, 5.41) is 0. The van der Waals surface area contributed by atoms with Crippen molar-refractivity contribution in [3.63, 3.8) is 0 Å². The molecule has 0 aromatic carbocycles. The van der Waals surface area contributed by atoms with Crippen LogP contribution in [0.3, 0.4) is 0 Å². The minimum Gasteiger partial charge on any atom is -0.373 e. The Kier molecular flexibility index (Phi) is 4.89. The second kappa shape index (κ2) is 6.13. The van der Waals surface area contributed by atoms with Crippen molar-refractivity contribution in [3.05, 3.63) is 25.4 Å². The van der Waals surface area contributed by atoms with Gasteiger partial charge in [-0.25, -0.2) is 4.98 Å². The highest BCUT2D eigenvalue weighted by Gasteiger charge is 2.31. The van der Waals surface area contributed by atoms with Gasteiger partial charge in [0.1, 0.15) is 11.9 Å². The van der Waals surface area contributed by atoms with Crippen LogP contribution < -0.4 is 5.56 Å². The van der Waals surface area contributed by atoms with Crippen LogP contribution in [0.15, 0.2) is 4.79 Å². The summed E-state index contributed by atoms with van der Waals surface area (Å²) in [6.07, 6.45) is 4.54. The van der Waals surface area contributed by atoms with Crippen molar-refractivity contribution in [2.24, 2.45) is 5.41 Å². The fourth-order valence-corrected chi connectivity index (χ4v) is 3.66. The zero-order valence-corrected chi connectivity index (χ0v) is 14.8. The average molecular weight is 390 g/mol. The van der Waals surface area contributed by atoms with E-state index in [0.717, 1.165) is 22.1 Å². The quantitative estimate of drug-likeness (QED) is 0.800. The van der Waals surface area contributed by atoms with Crippen molar-refractivity contribution >= 4 is 22.6 Å². The Bertz CT molecular complexity index is 528. The van der Waals surface area contributed by atoms with Crippen LogP contribution in [0.1, 0.15) is 70.0 Å². The van der Waals surface area contributed by atoms with Gasteiger partial charge in [-0.3, -0.25) is 4.79 Å². The Hall–Kier alpha value is -0.430. The Morgan fingerprint density at radius 3 is 2.45 bits per heavy atom. The molecule has 0 spiro atoms. The summed E-state index contributed by atoms with van der Waals surface area (Å²) in [7, 11) is 1.67. The molecule has 0 radical (unpaired) electrons. The number of H-pyrrole nitrogens is 1. The van der Waals surface area contributed by atoms with E-state index in [-0.39, 0.29) is 17.1 Å². The number of aromatic nitrogens is 2. The van der Waals surface area contributed by atoms with E-state index in [1.54, 1.807) is 7.11 Å². The van der Waals surface area contributed by atoms with Gasteiger partial charge in [0.2, 0.25) is 0 Å². The molecule has 0 aliphatic heterocycles. The van der Waals surface area contributed by atoms with Crippen molar-refractivity contribution in [3.8, 4) is 0 Å². The van der Waals surface area contributed by atoms with E-state index in [1.807, 2.05) is 0 Å². The molecule has 0 bridgehead atoms. The highest BCUT2D eigenvalue weighted by atomic mass is 127. The van der Waals surface area contributed by atoms with Crippen molar-refractivity contribution in [1.82, 2.24) is 9.97 Å². The summed E-state index contributed by atoms with van der Waals surface area (Å²) in [6, 6.07) is 0. The summed E-state index contributed by atoms with van der Waals surface area (Å²) in [6.45, 7) is 6.27. The molecule has 1 N–H and O–H groups in total. The van der Waals surface area contributed by atoms with E-state index in [0.29, 0.717) is 11.7 Å². The third kappa shape index (κ3) is 3.24. The lowest BCUT2D eigenvalue weighted by molar-refractivity contribution is 0.00823. The van der Waals surface area contributed by atoms with Gasteiger partial charge in [0, 0.05) is 13.0 Å². The molecule has 1 fully saturated rings. The molecule has 1 unspecified atom stereocenters. The molecule has 1 aromatic heterocycles. The normalized spacial score (nSPS) is 18.4. The summed E-state index contributed by atoms with van der Waals surface area (Å²) in [4.78, 5) is 19.9. The van der Waals surface area contributed by atoms with Gasteiger partial charge in [-0.2, -0.15) is 0 Å². The third-order valence-corrected chi connectivity index (χ3v) is 4.96. The summed E-state index contributed by atoms with van der Waals surface area (Å²) >= 11 is 2.12. The molecule has 2 rings (SSSR count). The maximum Gasteiger partial charge on any atom is 0.264 e. The van der Waals surface area contributed by atoms with Crippen molar-refractivity contribution in [1.29, 1.82) is 0 Å². The Labute approximate surface area is 133 Å². The minimum absolute atomic E-state index is 0.0381. The van der Waals surface area contributed by atoms with E-state index in [4.69, 9.17) is 9.72 Å². The van der Waals surface area contributed by atoms with Crippen LogP contribution in [0.2, 0.25) is 0 Å². The highest BCUT2D eigenvalue weighted by molar-refractivity contribution is 14.1. The van der Waals surface area contributed by atoms with Crippen molar-refractivity contribution < 1.29 is 4.74 Å². The third-order valence-electron chi connectivity index (χ3n) is 3.92. The van der Waals surface area contributed by atoms with Crippen LogP contribution >= 0.6 is 22.6 Å². The van der Waals surface area contributed by atoms with Crippen LogP contribution in [0.25, 0.3) is 0 Å². The molecule has 1 aliphatic rings. The largest absolute Gasteiger partial charge is 0.373 e. The molecule has 4 nitrogen and oxygen atoms in total. The predicted molar refractivity (Wildman–Crippen MR) is 88.0 cm³/mol. The predicted octanol–water partition coefficient (Wildman–Crippen LogP) is 3.77. The monoisotopic (exact) mass is 390 g/mol. The summed E-state index contributed by atoms with van der Waals surface area (Å²) < 4.78 is 6.32. The Morgan fingerprint density at radius 2 is 1.95 bits per heavy atom. The lowest BCUT2D eigenvalue weighted by atomic mass is 9.88. The average Bonchev–Trinajstić information content (AvgIpc) is 2.86. The molecule has 1 heterocycles. The first-order valence-corrected chi connectivity index (χ1v) is 8.25. The molecule has 20 heavy (non-hydrogen) atoms. The lowest BCUT2D eigenvalue weighted by Crippen LogP contribution is -2.27. The lowest BCUT2D eigenvalue weighted by Gasteiger charge is -2.29. The second-order valence-electron chi connectivity index (χ2n) is 6.61. The number of nitrogens with zero attached hydrogens (tertiary/aromatic N) is 1. The molecule has 5 heteroatoms. The number of rotatable bonds is 3. The van der Waals surface area contributed by atoms with Gasteiger partial charge in [-0.1, -0.05) is 33.6 Å². The first-order chi connectivity index (χ1) is 9.34. The minimum atomic E-state index is -0.202. The van der Waals surface area contributed by atoms with Crippen LogP contribution in [0, 0.1) is 8.99 Å². The van der Waals surface area contributed by atoms with Gasteiger partial charge in [0.15, 0.2) is 0 Å². The molecule has 1 aliphatic carbocycles. The SMILES string of the molecule is COC(c1nc(C2CCCC2)c(I)c(=O)[nH]1)C(C)(C)C. The number of ether oxygens (including phenoxy) is 1. The standard InChI is InChI=1S/C15H23IN2O2/c1-15(2,3)12(20-4)13-17-11(9-7-5-6-8-9)10(16)14(19)18-13/h9,12H,5-8H2,1-4H3,(H,17,18,19). The number of halogens is 1. The van der Waals surface area contributed by atoms with E-state index in [9.17, 15) is 4.79 Å². The Morgan fingerprint density at radius 1 is 1.35 bits per heavy atom. The van der Waals surface area contributed by atoms with Crippen LogP contribution in [-0.2, 0) is 4.74 Å². The number of aromatic amines is 1. The van der Waals surface area contributed by atoms with Gasteiger partial charge < -0.3 is 9.72 Å². The van der Waals surface area contributed by atoms with Crippen molar-refractivity contribution in [2.75, 3.05) is 7.11 Å². The molecule has 112 valence electrons. The molecule has 1 saturated carbocycles. The maximum absolute atomic E-state index is 12.2. The van der Waals surface area contributed by atoms with Gasteiger partial charge in [0.25, 0.3) is 5.56 Å². The summed E-state index contributed by atoms with van der Waals surface area (Å²) in [5.41, 5.74) is 0.821. The number of methoxy groups -OCH3 is 1. The van der Waals surface area contributed by atoms with E-state index >= 15 is 0 Å². The fourth-order valence-electron chi connectivity index (χ4n) is 2.96. The van der Waals surface area contributed by atoms with E-state index in [2.05, 4.69) is 48.3 Å². The van der Waals surface area contributed by atoms with E-state index in [1.165, 1.54) is 12.8 Å². The number of nitrogens with one attached hydrogen (secondary N) is 1. The fraction of sp³-hybridized carbons (Fsp3) is 0.733. The topological polar surface area (TPSA) is 55.0 Å². The first kappa shape index (κ1) is 15.9. The van der Waals surface area contributed by atoms with Gasteiger partial charge >= 0.3 is 0 Å².